The smallest absolute Gasteiger partial charge is 0.403 e. The van der Waals surface area contributed by atoms with Crippen molar-refractivity contribution in [3.8, 4) is 0 Å². The minimum absolute atomic E-state index is 0.249. The molecule has 0 spiro atoms. The van der Waals surface area contributed by atoms with E-state index in [1.807, 2.05) is 27.7 Å². The maximum absolute atomic E-state index is 10.9. The minimum Gasteiger partial charge on any atom is -0.403 e. The second kappa shape index (κ2) is 4.88. The average molecular weight is 263 g/mol. The van der Waals surface area contributed by atoms with Crippen molar-refractivity contribution >= 4 is 17.1 Å². The first-order chi connectivity index (χ1) is 7.54. The van der Waals surface area contributed by atoms with Crippen LogP contribution in [-0.4, -0.2) is 39.5 Å². The SMILES string of the molecule is CC1(C)OB(CCCNS(C)(=O)=O)OC1(C)C. The van der Waals surface area contributed by atoms with Crippen molar-refractivity contribution in [3.05, 3.63) is 0 Å². The molecule has 0 saturated carbocycles. The molecule has 17 heavy (non-hydrogen) atoms. The largest absolute Gasteiger partial charge is 0.457 e. The van der Waals surface area contributed by atoms with Gasteiger partial charge in [0.05, 0.1) is 17.5 Å². The Kier molecular flexibility index (Phi) is 4.29. The molecule has 0 aromatic rings. The number of hydrogen-bond donors (Lipinski definition) is 1. The van der Waals surface area contributed by atoms with Crippen LogP contribution in [0.25, 0.3) is 0 Å². The van der Waals surface area contributed by atoms with Gasteiger partial charge in [0, 0.05) is 6.54 Å². The number of sulfonamides is 1. The maximum atomic E-state index is 10.9. The van der Waals surface area contributed by atoms with E-state index in [9.17, 15) is 8.42 Å². The third kappa shape index (κ3) is 4.24. The first-order valence-electron chi connectivity index (χ1n) is 5.84. The van der Waals surface area contributed by atoms with Crippen LogP contribution in [0.15, 0.2) is 0 Å². The summed E-state index contributed by atoms with van der Waals surface area (Å²) in [6.07, 6.45) is 2.54. The second-order valence-electron chi connectivity index (χ2n) is 5.49. The Balaban J connectivity index is 2.32. The van der Waals surface area contributed by atoms with E-state index >= 15 is 0 Å². The van der Waals surface area contributed by atoms with Crippen molar-refractivity contribution in [2.24, 2.45) is 0 Å². The molecule has 0 bridgehead atoms. The Morgan fingerprint density at radius 2 is 1.59 bits per heavy atom. The Morgan fingerprint density at radius 1 is 1.12 bits per heavy atom. The highest BCUT2D eigenvalue weighted by Gasteiger charge is 2.50. The van der Waals surface area contributed by atoms with E-state index in [2.05, 4.69) is 4.72 Å². The summed E-state index contributed by atoms with van der Waals surface area (Å²) < 4.78 is 35.8. The zero-order chi connectivity index (χ0) is 13.3. The van der Waals surface area contributed by atoms with Crippen LogP contribution in [0.5, 0.6) is 0 Å². The third-order valence-electron chi connectivity index (χ3n) is 3.28. The van der Waals surface area contributed by atoms with E-state index in [4.69, 9.17) is 9.31 Å². The fourth-order valence-electron chi connectivity index (χ4n) is 1.61. The number of hydrogen-bond acceptors (Lipinski definition) is 4. The summed E-state index contributed by atoms with van der Waals surface area (Å²) in [5.74, 6) is 0. The first-order valence-corrected chi connectivity index (χ1v) is 7.73. The number of rotatable bonds is 5. The zero-order valence-electron chi connectivity index (χ0n) is 11.2. The summed E-state index contributed by atoms with van der Waals surface area (Å²) in [5, 5.41) is 0. The minimum atomic E-state index is -3.10. The molecular formula is C10H22BNO4S. The second-order valence-corrected chi connectivity index (χ2v) is 7.33. The standard InChI is InChI=1S/C10H22BNO4S/c1-9(2)10(3,4)16-11(15-9)7-6-8-12-17(5,13)14/h12H,6-8H2,1-5H3. The highest BCUT2D eigenvalue weighted by atomic mass is 32.2. The Hall–Kier alpha value is -0.105. The van der Waals surface area contributed by atoms with Crippen molar-refractivity contribution in [1.82, 2.24) is 4.72 Å². The maximum Gasteiger partial charge on any atom is 0.457 e. The molecule has 0 aromatic carbocycles. The van der Waals surface area contributed by atoms with Crippen molar-refractivity contribution in [3.63, 3.8) is 0 Å². The highest BCUT2D eigenvalue weighted by Crippen LogP contribution is 2.37. The van der Waals surface area contributed by atoms with Gasteiger partial charge < -0.3 is 9.31 Å². The molecule has 1 heterocycles. The van der Waals surface area contributed by atoms with E-state index in [1.54, 1.807) is 0 Å². The van der Waals surface area contributed by atoms with Crippen LogP contribution in [0.4, 0.5) is 0 Å². The van der Waals surface area contributed by atoms with Crippen LogP contribution in [0.1, 0.15) is 34.1 Å². The summed E-state index contributed by atoms with van der Waals surface area (Å²) in [6, 6.07) is 0. The van der Waals surface area contributed by atoms with Crippen LogP contribution in [0.3, 0.4) is 0 Å². The predicted molar refractivity (Wildman–Crippen MR) is 68.4 cm³/mol. The Bertz CT molecular complexity index is 351. The van der Waals surface area contributed by atoms with Gasteiger partial charge in [-0.2, -0.15) is 0 Å². The lowest BCUT2D eigenvalue weighted by atomic mass is 9.83. The Morgan fingerprint density at radius 3 is 2.00 bits per heavy atom. The molecule has 5 nitrogen and oxygen atoms in total. The summed E-state index contributed by atoms with van der Waals surface area (Å²) in [7, 11) is -3.35. The van der Waals surface area contributed by atoms with Crippen molar-refractivity contribution in [1.29, 1.82) is 0 Å². The van der Waals surface area contributed by atoms with E-state index in [-0.39, 0.29) is 18.3 Å². The molecule has 1 aliphatic heterocycles. The van der Waals surface area contributed by atoms with E-state index < -0.39 is 10.0 Å². The lowest BCUT2D eigenvalue weighted by Crippen LogP contribution is -2.41. The van der Waals surface area contributed by atoms with Gasteiger partial charge in [-0.05, 0) is 40.4 Å². The molecule has 1 aliphatic rings. The predicted octanol–water partition coefficient (Wildman–Crippen LogP) is 1.02. The quantitative estimate of drug-likeness (QED) is 0.594. The van der Waals surface area contributed by atoms with Crippen LogP contribution >= 0.6 is 0 Å². The van der Waals surface area contributed by atoms with Gasteiger partial charge in [0.25, 0.3) is 0 Å². The molecule has 0 radical (unpaired) electrons. The monoisotopic (exact) mass is 263 g/mol. The average Bonchev–Trinajstić information content (AvgIpc) is 2.28. The van der Waals surface area contributed by atoms with Gasteiger partial charge in [-0.15, -0.1) is 0 Å². The molecule has 100 valence electrons. The van der Waals surface area contributed by atoms with Crippen LogP contribution < -0.4 is 4.72 Å². The van der Waals surface area contributed by atoms with E-state index in [0.717, 1.165) is 6.26 Å². The fourth-order valence-corrected chi connectivity index (χ4v) is 2.12. The molecule has 0 aliphatic carbocycles. The van der Waals surface area contributed by atoms with Crippen LogP contribution in [0.2, 0.25) is 6.32 Å². The van der Waals surface area contributed by atoms with Crippen molar-refractivity contribution in [2.45, 2.75) is 51.6 Å². The van der Waals surface area contributed by atoms with Crippen molar-refractivity contribution in [2.75, 3.05) is 12.8 Å². The topological polar surface area (TPSA) is 64.6 Å². The van der Waals surface area contributed by atoms with E-state index in [1.165, 1.54) is 0 Å². The van der Waals surface area contributed by atoms with Gasteiger partial charge in [0.1, 0.15) is 0 Å². The summed E-state index contributed by atoms with van der Waals surface area (Å²) in [4.78, 5) is 0. The molecule has 7 heteroatoms. The van der Waals surface area contributed by atoms with Crippen LogP contribution in [0, 0.1) is 0 Å². The normalized spacial score (nSPS) is 23.0. The van der Waals surface area contributed by atoms with Gasteiger partial charge in [-0.3, -0.25) is 0 Å². The molecule has 1 fully saturated rings. The van der Waals surface area contributed by atoms with Gasteiger partial charge in [-0.25, -0.2) is 13.1 Å². The molecule has 0 atom stereocenters. The zero-order valence-corrected chi connectivity index (χ0v) is 12.1. The summed E-state index contributed by atoms with van der Waals surface area (Å²) in [6.45, 7) is 8.43. The molecule has 0 amide bonds. The third-order valence-corrected chi connectivity index (χ3v) is 4.01. The van der Waals surface area contributed by atoms with Crippen molar-refractivity contribution < 1.29 is 17.7 Å². The summed E-state index contributed by atoms with van der Waals surface area (Å²) in [5.41, 5.74) is -0.635. The molecule has 1 N–H and O–H groups in total. The highest BCUT2D eigenvalue weighted by molar-refractivity contribution is 7.88. The molecule has 1 saturated heterocycles. The first kappa shape index (κ1) is 15.0. The number of nitrogens with one attached hydrogen (secondary N) is 1. The molecule has 1 rings (SSSR count). The van der Waals surface area contributed by atoms with Gasteiger partial charge in [0.2, 0.25) is 10.0 Å². The van der Waals surface area contributed by atoms with E-state index in [0.29, 0.717) is 19.3 Å². The van der Waals surface area contributed by atoms with Gasteiger partial charge in [-0.1, -0.05) is 0 Å². The summed E-state index contributed by atoms with van der Waals surface area (Å²) >= 11 is 0. The molecule has 0 unspecified atom stereocenters. The van der Waals surface area contributed by atoms with Gasteiger partial charge in [0.15, 0.2) is 0 Å². The molecular weight excluding hydrogens is 241 g/mol. The lowest BCUT2D eigenvalue weighted by molar-refractivity contribution is 0.00578. The Labute approximate surface area is 104 Å². The molecule has 0 aromatic heterocycles. The fraction of sp³-hybridized carbons (Fsp3) is 1.00. The van der Waals surface area contributed by atoms with Crippen LogP contribution in [-0.2, 0) is 19.3 Å². The lowest BCUT2D eigenvalue weighted by Gasteiger charge is -2.32. The van der Waals surface area contributed by atoms with Gasteiger partial charge >= 0.3 is 7.12 Å².